The van der Waals surface area contributed by atoms with Crippen LogP contribution >= 0.6 is 0 Å². The quantitative estimate of drug-likeness (QED) is 0.774. The fourth-order valence-corrected chi connectivity index (χ4v) is 2.51. The fraction of sp³-hybridized carbons (Fsp3) is 0.267. The van der Waals surface area contributed by atoms with E-state index in [1.54, 1.807) is 6.20 Å². The lowest BCUT2D eigenvalue weighted by Gasteiger charge is -2.20. The summed E-state index contributed by atoms with van der Waals surface area (Å²) in [4.78, 5) is 8.85. The van der Waals surface area contributed by atoms with Gasteiger partial charge in [0.2, 0.25) is 0 Å². The standard InChI is InChI=1S/C15H14N4O2/c1-3-11(10-4-2-6-16-12(10)5-1)15-18-14(19-21-15)13-9-20-8-7-17-13/h1-6,13,17H,7-9H2. The summed E-state index contributed by atoms with van der Waals surface area (Å²) in [6, 6.07) is 9.77. The monoisotopic (exact) mass is 282 g/mol. The minimum atomic E-state index is -0.00986. The second kappa shape index (κ2) is 5.23. The molecule has 1 aliphatic heterocycles. The van der Waals surface area contributed by atoms with E-state index in [-0.39, 0.29) is 6.04 Å². The van der Waals surface area contributed by atoms with Crippen LogP contribution in [0.3, 0.4) is 0 Å². The van der Waals surface area contributed by atoms with Crippen LogP contribution in [0, 0.1) is 0 Å². The molecule has 1 N–H and O–H groups in total. The summed E-state index contributed by atoms with van der Waals surface area (Å²) in [6.45, 7) is 2.08. The zero-order valence-corrected chi connectivity index (χ0v) is 11.3. The van der Waals surface area contributed by atoms with Crippen LogP contribution in [-0.2, 0) is 4.74 Å². The predicted molar refractivity (Wildman–Crippen MR) is 76.6 cm³/mol. The van der Waals surface area contributed by atoms with Crippen molar-refractivity contribution in [2.45, 2.75) is 6.04 Å². The summed E-state index contributed by atoms with van der Waals surface area (Å²) < 4.78 is 10.9. The van der Waals surface area contributed by atoms with Gasteiger partial charge in [-0.05, 0) is 18.2 Å². The molecule has 0 spiro atoms. The number of hydrogen-bond acceptors (Lipinski definition) is 6. The Morgan fingerprint density at radius 3 is 3.10 bits per heavy atom. The van der Waals surface area contributed by atoms with Gasteiger partial charge >= 0.3 is 0 Å². The third-order valence-corrected chi connectivity index (χ3v) is 3.55. The maximum atomic E-state index is 5.43. The summed E-state index contributed by atoms with van der Waals surface area (Å²) in [5.41, 5.74) is 1.81. The Morgan fingerprint density at radius 1 is 1.19 bits per heavy atom. The Kier molecular flexibility index (Phi) is 3.10. The first-order valence-corrected chi connectivity index (χ1v) is 6.91. The zero-order valence-electron chi connectivity index (χ0n) is 11.3. The third-order valence-electron chi connectivity index (χ3n) is 3.55. The first-order valence-electron chi connectivity index (χ1n) is 6.91. The average molecular weight is 282 g/mol. The van der Waals surface area contributed by atoms with Crippen LogP contribution in [0.2, 0.25) is 0 Å². The highest BCUT2D eigenvalue weighted by molar-refractivity contribution is 5.92. The number of hydrogen-bond donors (Lipinski definition) is 1. The van der Waals surface area contributed by atoms with Gasteiger partial charge in [-0.25, -0.2) is 0 Å². The van der Waals surface area contributed by atoms with Crippen molar-refractivity contribution in [1.29, 1.82) is 0 Å². The van der Waals surface area contributed by atoms with Crippen LogP contribution in [0.5, 0.6) is 0 Å². The highest BCUT2D eigenvalue weighted by atomic mass is 16.5. The number of fused-ring (bicyclic) bond motifs is 1. The van der Waals surface area contributed by atoms with Gasteiger partial charge in [0.1, 0.15) is 0 Å². The van der Waals surface area contributed by atoms with Gasteiger partial charge in [-0.2, -0.15) is 4.98 Å². The van der Waals surface area contributed by atoms with E-state index in [9.17, 15) is 0 Å². The smallest absolute Gasteiger partial charge is 0.258 e. The molecule has 3 heterocycles. The molecule has 2 aromatic heterocycles. The van der Waals surface area contributed by atoms with Crippen LogP contribution in [0.15, 0.2) is 41.1 Å². The number of pyridine rings is 1. The van der Waals surface area contributed by atoms with E-state index in [0.717, 1.165) is 29.6 Å². The highest BCUT2D eigenvalue weighted by Crippen LogP contribution is 2.27. The first kappa shape index (κ1) is 12.4. The van der Waals surface area contributed by atoms with Crippen molar-refractivity contribution in [3.8, 4) is 11.5 Å². The van der Waals surface area contributed by atoms with Gasteiger partial charge in [0, 0.05) is 23.7 Å². The van der Waals surface area contributed by atoms with Crippen molar-refractivity contribution < 1.29 is 9.26 Å². The fourth-order valence-electron chi connectivity index (χ4n) is 2.51. The Bertz CT molecular complexity index is 760. The number of rotatable bonds is 2. The second-order valence-corrected chi connectivity index (χ2v) is 4.92. The van der Waals surface area contributed by atoms with Crippen molar-refractivity contribution in [2.75, 3.05) is 19.8 Å². The number of benzene rings is 1. The minimum absolute atomic E-state index is 0.00986. The van der Waals surface area contributed by atoms with E-state index < -0.39 is 0 Å². The number of nitrogens with one attached hydrogen (secondary N) is 1. The van der Waals surface area contributed by atoms with Gasteiger partial charge in [-0.3, -0.25) is 4.98 Å². The molecule has 1 saturated heterocycles. The predicted octanol–water partition coefficient (Wildman–Crippen LogP) is 1.95. The molecule has 4 rings (SSSR count). The molecular weight excluding hydrogens is 268 g/mol. The third kappa shape index (κ3) is 2.28. The molecule has 1 unspecified atom stereocenters. The molecule has 21 heavy (non-hydrogen) atoms. The Morgan fingerprint density at radius 2 is 2.19 bits per heavy atom. The molecule has 6 heteroatoms. The molecule has 1 atom stereocenters. The maximum Gasteiger partial charge on any atom is 0.258 e. The first-order chi connectivity index (χ1) is 10.4. The van der Waals surface area contributed by atoms with Crippen molar-refractivity contribution in [3.05, 3.63) is 42.4 Å². The largest absolute Gasteiger partial charge is 0.378 e. The van der Waals surface area contributed by atoms with E-state index in [4.69, 9.17) is 9.26 Å². The summed E-state index contributed by atoms with van der Waals surface area (Å²) >= 11 is 0. The average Bonchev–Trinajstić information content (AvgIpc) is 3.05. The van der Waals surface area contributed by atoms with Crippen LogP contribution < -0.4 is 5.32 Å². The van der Waals surface area contributed by atoms with E-state index in [1.807, 2.05) is 30.3 Å². The molecule has 0 bridgehead atoms. The molecule has 0 aliphatic carbocycles. The number of morpholine rings is 1. The van der Waals surface area contributed by atoms with Gasteiger partial charge in [0.15, 0.2) is 5.82 Å². The van der Waals surface area contributed by atoms with Crippen molar-refractivity contribution in [3.63, 3.8) is 0 Å². The number of nitrogens with zero attached hydrogens (tertiary/aromatic N) is 3. The molecule has 1 aromatic carbocycles. The molecule has 3 aromatic rings. The van der Waals surface area contributed by atoms with Crippen molar-refractivity contribution in [1.82, 2.24) is 20.4 Å². The van der Waals surface area contributed by atoms with Gasteiger partial charge in [0.25, 0.3) is 5.89 Å². The lowest BCUT2D eigenvalue weighted by atomic mass is 10.1. The summed E-state index contributed by atoms with van der Waals surface area (Å²) in [5, 5.41) is 8.39. The van der Waals surface area contributed by atoms with Crippen LogP contribution in [0.1, 0.15) is 11.9 Å². The zero-order chi connectivity index (χ0) is 14.1. The van der Waals surface area contributed by atoms with E-state index in [0.29, 0.717) is 18.3 Å². The van der Waals surface area contributed by atoms with Gasteiger partial charge in [-0.1, -0.05) is 17.3 Å². The van der Waals surface area contributed by atoms with Gasteiger partial charge in [0.05, 0.1) is 24.8 Å². The van der Waals surface area contributed by atoms with Crippen LogP contribution in [0.4, 0.5) is 0 Å². The molecule has 6 nitrogen and oxygen atoms in total. The highest BCUT2D eigenvalue weighted by Gasteiger charge is 2.22. The lowest BCUT2D eigenvalue weighted by Crippen LogP contribution is -2.35. The molecular formula is C15H14N4O2. The Balaban J connectivity index is 1.74. The molecule has 0 amide bonds. The summed E-state index contributed by atoms with van der Waals surface area (Å²) in [7, 11) is 0. The molecule has 0 saturated carbocycles. The Labute approximate surface area is 121 Å². The lowest BCUT2D eigenvalue weighted by molar-refractivity contribution is 0.0734. The molecule has 106 valence electrons. The minimum Gasteiger partial charge on any atom is -0.378 e. The van der Waals surface area contributed by atoms with Crippen LogP contribution in [-0.4, -0.2) is 34.9 Å². The van der Waals surface area contributed by atoms with Crippen LogP contribution in [0.25, 0.3) is 22.4 Å². The molecule has 0 radical (unpaired) electrons. The van der Waals surface area contributed by atoms with E-state index >= 15 is 0 Å². The molecule has 1 fully saturated rings. The van der Waals surface area contributed by atoms with Crippen molar-refractivity contribution >= 4 is 10.9 Å². The summed E-state index contributed by atoms with van der Waals surface area (Å²) in [5.74, 6) is 1.14. The van der Waals surface area contributed by atoms with Gasteiger partial charge in [-0.15, -0.1) is 0 Å². The maximum absolute atomic E-state index is 5.43. The SMILES string of the molecule is c1cc(-c2nc(C3COCCN3)no2)c2cccnc2c1. The summed E-state index contributed by atoms with van der Waals surface area (Å²) in [6.07, 6.45) is 1.77. The van der Waals surface area contributed by atoms with E-state index in [1.165, 1.54) is 0 Å². The second-order valence-electron chi connectivity index (χ2n) is 4.92. The number of ether oxygens (including phenoxy) is 1. The Hall–Kier alpha value is -2.31. The van der Waals surface area contributed by atoms with Crippen molar-refractivity contribution in [2.24, 2.45) is 0 Å². The topological polar surface area (TPSA) is 73.1 Å². The number of aromatic nitrogens is 3. The van der Waals surface area contributed by atoms with Gasteiger partial charge < -0.3 is 14.6 Å². The molecule has 1 aliphatic rings. The normalized spacial score (nSPS) is 19.0. The van der Waals surface area contributed by atoms with E-state index in [2.05, 4.69) is 20.4 Å².